The van der Waals surface area contributed by atoms with Crippen LogP contribution in [0.15, 0.2) is 18.2 Å². The van der Waals surface area contributed by atoms with Gasteiger partial charge in [-0.2, -0.15) is 5.26 Å². The topological polar surface area (TPSA) is 39.9 Å². The number of piperidine rings is 1. The van der Waals surface area contributed by atoms with Crippen molar-refractivity contribution in [1.29, 1.82) is 5.26 Å². The maximum atomic E-state index is 8.81. The number of aromatic nitrogens is 1. The minimum Gasteiger partial charge on any atom is -0.357 e. The molecule has 1 fully saturated rings. The van der Waals surface area contributed by atoms with Crippen LogP contribution < -0.4 is 4.90 Å². The fourth-order valence-corrected chi connectivity index (χ4v) is 1.94. The van der Waals surface area contributed by atoms with Gasteiger partial charge in [-0.3, -0.25) is 0 Å². The van der Waals surface area contributed by atoms with Gasteiger partial charge >= 0.3 is 0 Å². The summed E-state index contributed by atoms with van der Waals surface area (Å²) in [5.74, 6) is 1.29. The van der Waals surface area contributed by atoms with Crippen LogP contribution in [0.1, 0.15) is 18.5 Å². The summed E-state index contributed by atoms with van der Waals surface area (Å²) >= 11 is 0. The first-order valence-electron chi connectivity index (χ1n) is 5.38. The zero-order chi connectivity index (χ0) is 10.7. The standard InChI is InChI=1S/C12H15N3/c1-10-3-2-4-12(14-10)15-7-5-11(9-13)6-8-15/h2-4,11H,5-8H2,1H3. The smallest absolute Gasteiger partial charge is 0.128 e. The molecule has 15 heavy (non-hydrogen) atoms. The Morgan fingerprint density at radius 3 is 2.73 bits per heavy atom. The van der Waals surface area contributed by atoms with Crippen LogP contribution in [-0.2, 0) is 0 Å². The average molecular weight is 201 g/mol. The molecule has 3 heteroatoms. The van der Waals surface area contributed by atoms with Crippen molar-refractivity contribution in [2.45, 2.75) is 19.8 Å². The molecule has 2 heterocycles. The minimum absolute atomic E-state index is 0.242. The van der Waals surface area contributed by atoms with Crippen LogP contribution in [0.3, 0.4) is 0 Å². The van der Waals surface area contributed by atoms with E-state index >= 15 is 0 Å². The van der Waals surface area contributed by atoms with Gasteiger partial charge in [-0.25, -0.2) is 4.98 Å². The molecule has 0 unspecified atom stereocenters. The van der Waals surface area contributed by atoms with E-state index in [1.165, 1.54) is 0 Å². The van der Waals surface area contributed by atoms with Gasteiger partial charge in [0.15, 0.2) is 0 Å². The summed E-state index contributed by atoms with van der Waals surface area (Å²) in [4.78, 5) is 6.76. The summed E-state index contributed by atoms with van der Waals surface area (Å²) in [6, 6.07) is 8.42. The lowest BCUT2D eigenvalue weighted by atomic mass is 9.99. The van der Waals surface area contributed by atoms with Crippen molar-refractivity contribution < 1.29 is 0 Å². The van der Waals surface area contributed by atoms with Gasteiger partial charge in [-0.1, -0.05) is 6.07 Å². The third-order valence-electron chi connectivity index (χ3n) is 2.88. The molecule has 1 aromatic heterocycles. The lowest BCUT2D eigenvalue weighted by Crippen LogP contribution is -2.33. The SMILES string of the molecule is Cc1cccc(N2CCC(C#N)CC2)n1. The second-order valence-electron chi connectivity index (χ2n) is 4.03. The highest BCUT2D eigenvalue weighted by molar-refractivity contribution is 5.39. The lowest BCUT2D eigenvalue weighted by Gasteiger charge is -2.30. The predicted octanol–water partition coefficient (Wildman–Crippen LogP) is 2.13. The normalized spacial score (nSPS) is 17.5. The van der Waals surface area contributed by atoms with Gasteiger partial charge in [0.2, 0.25) is 0 Å². The van der Waals surface area contributed by atoms with Crippen molar-refractivity contribution >= 4 is 5.82 Å². The fourth-order valence-electron chi connectivity index (χ4n) is 1.94. The second kappa shape index (κ2) is 4.31. The van der Waals surface area contributed by atoms with E-state index in [1.54, 1.807) is 0 Å². The molecule has 0 N–H and O–H groups in total. The van der Waals surface area contributed by atoms with Gasteiger partial charge in [-0.05, 0) is 31.9 Å². The molecule has 1 aromatic rings. The molecule has 0 bridgehead atoms. The molecule has 1 aliphatic rings. The summed E-state index contributed by atoms with van der Waals surface area (Å²) in [5, 5.41) is 8.81. The number of aryl methyl sites for hydroxylation is 1. The van der Waals surface area contributed by atoms with Crippen LogP contribution in [0.25, 0.3) is 0 Å². The molecule has 0 atom stereocenters. The van der Waals surface area contributed by atoms with Crippen molar-refractivity contribution in [3.8, 4) is 6.07 Å². The number of rotatable bonds is 1. The van der Waals surface area contributed by atoms with E-state index in [-0.39, 0.29) is 5.92 Å². The number of pyridine rings is 1. The highest BCUT2D eigenvalue weighted by atomic mass is 15.2. The van der Waals surface area contributed by atoms with E-state index in [0.717, 1.165) is 37.4 Å². The Morgan fingerprint density at radius 2 is 2.13 bits per heavy atom. The van der Waals surface area contributed by atoms with E-state index < -0.39 is 0 Å². The highest BCUT2D eigenvalue weighted by Gasteiger charge is 2.19. The first kappa shape index (κ1) is 9.97. The Hall–Kier alpha value is -1.56. The van der Waals surface area contributed by atoms with Crippen molar-refractivity contribution in [2.75, 3.05) is 18.0 Å². The quantitative estimate of drug-likeness (QED) is 0.698. The van der Waals surface area contributed by atoms with Gasteiger partial charge in [0.1, 0.15) is 5.82 Å². The minimum atomic E-state index is 0.242. The molecule has 1 aliphatic heterocycles. The van der Waals surface area contributed by atoms with E-state index in [1.807, 2.05) is 25.1 Å². The summed E-state index contributed by atoms with van der Waals surface area (Å²) in [7, 11) is 0. The largest absolute Gasteiger partial charge is 0.357 e. The third kappa shape index (κ3) is 2.27. The number of anilines is 1. The maximum Gasteiger partial charge on any atom is 0.128 e. The zero-order valence-electron chi connectivity index (χ0n) is 8.98. The van der Waals surface area contributed by atoms with Crippen molar-refractivity contribution in [1.82, 2.24) is 4.98 Å². The third-order valence-corrected chi connectivity index (χ3v) is 2.88. The van der Waals surface area contributed by atoms with E-state index in [2.05, 4.69) is 16.0 Å². The predicted molar refractivity (Wildman–Crippen MR) is 59.5 cm³/mol. The Labute approximate surface area is 90.4 Å². The molecular formula is C12H15N3. The molecule has 2 rings (SSSR count). The van der Waals surface area contributed by atoms with E-state index in [9.17, 15) is 0 Å². The molecular weight excluding hydrogens is 186 g/mol. The molecule has 3 nitrogen and oxygen atoms in total. The highest BCUT2D eigenvalue weighted by Crippen LogP contribution is 2.21. The first-order chi connectivity index (χ1) is 7.29. The second-order valence-corrected chi connectivity index (χ2v) is 4.03. The lowest BCUT2D eigenvalue weighted by molar-refractivity contribution is 0.485. The Bertz CT molecular complexity index is 373. The monoisotopic (exact) mass is 201 g/mol. The molecule has 0 saturated carbocycles. The summed E-state index contributed by atoms with van der Waals surface area (Å²) < 4.78 is 0. The van der Waals surface area contributed by atoms with Crippen LogP contribution in [0.4, 0.5) is 5.82 Å². The Morgan fingerprint density at radius 1 is 1.40 bits per heavy atom. The van der Waals surface area contributed by atoms with Gasteiger partial charge in [0.05, 0.1) is 6.07 Å². The van der Waals surface area contributed by atoms with Crippen LogP contribution in [0.5, 0.6) is 0 Å². The van der Waals surface area contributed by atoms with Crippen LogP contribution >= 0.6 is 0 Å². The number of nitriles is 1. The van der Waals surface area contributed by atoms with E-state index in [0.29, 0.717) is 0 Å². The van der Waals surface area contributed by atoms with Gasteiger partial charge in [0.25, 0.3) is 0 Å². The van der Waals surface area contributed by atoms with Crippen LogP contribution in [-0.4, -0.2) is 18.1 Å². The first-order valence-corrected chi connectivity index (χ1v) is 5.38. The Balaban J connectivity index is 2.05. The average Bonchev–Trinajstić information content (AvgIpc) is 2.29. The maximum absolute atomic E-state index is 8.81. The molecule has 1 saturated heterocycles. The van der Waals surface area contributed by atoms with E-state index in [4.69, 9.17) is 5.26 Å². The molecule has 0 radical (unpaired) electrons. The summed E-state index contributed by atoms with van der Waals surface area (Å²) in [6.07, 6.45) is 1.93. The molecule has 0 aliphatic carbocycles. The van der Waals surface area contributed by atoms with Gasteiger partial charge in [0, 0.05) is 24.7 Å². The molecule has 78 valence electrons. The van der Waals surface area contributed by atoms with Crippen molar-refractivity contribution in [2.24, 2.45) is 5.92 Å². The number of hydrogen-bond acceptors (Lipinski definition) is 3. The van der Waals surface area contributed by atoms with Gasteiger partial charge < -0.3 is 4.90 Å². The van der Waals surface area contributed by atoms with Crippen LogP contribution in [0, 0.1) is 24.2 Å². The molecule has 0 aromatic carbocycles. The molecule has 0 amide bonds. The Kier molecular flexibility index (Phi) is 2.86. The fraction of sp³-hybridized carbons (Fsp3) is 0.500. The van der Waals surface area contributed by atoms with Crippen molar-refractivity contribution in [3.63, 3.8) is 0 Å². The summed E-state index contributed by atoms with van der Waals surface area (Å²) in [5.41, 5.74) is 1.05. The zero-order valence-corrected chi connectivity index (χ0v) is 8.98. The number of hydrogen-bond donors (Lipinski definition) is 0. The summed E-state index contributed by atoms with van der Waals surface area (Å²) in [6.45, 7) is 3.91. The van der Waals surface area contributed by atoms with Crippen molar-refractivity contribution in [3.05, 3.63) is 23.9 Å². The van der Waals surface area contributed by atoms with Crippen LogP contribution in [0.2, 0.25) is 0 Å². The van der Waals surface area contributed by atoms with Gasteiger partial charge in [-0.15, -0.1) is 0 Å². The molecule has 0 spiro atoms. The number of nitrogens with zero attached hydrogens (tertiary/aromatic N) is 3.